The second-order valence-corrected chi connectivity index (χ2v) is 21.7. The molecule has 1 spiro atoms. The summed E-state index contributed by atoms with van der Waals surface area (Å²) in [5, 5.41) is 25.7. The largest absolute Gasteiger partial charge is 0.455 e. The number of carbonyl (C=O) groups is 1. The van der Waals surface area contributed by atoms with Crippen LogP contribution in [0.2, 0.25) is 0 Å². The fourth-order valence-electron chi connectivity index (χ4n) is 11.3. The quantitative estimate of drug-likeness (QED) is 0.0611. The first kappa shape index (κ1) is 45.1. The Kier molecular flexibility index (Phi) is 12.0. The lowest BCUT2D eigenvalue weighted by Crippen LogP contribution is -2.63. The molecule has 2 aromatic carbocycles. The number of aromatic nitrogens is 3. The van der Waals surface area contributed by atoms with Gasteiger partial charge in [0, 0.05) is 62.8 Å². The Morgan fingerprint density at radius 2 is 1.75 bits per heavy atom. The number of fused-ring (bicyclic) bond motifs is 1. The Morgan fingerprint density at radius 3 is 2.46 bits per heavy atom. The van der Waals surface area contributed by atoms with E-state index in [4.69, 9.17) is 4.74 Å². The summed E-state index contributed by atoms with van der Waals surface area (Å²) in [7, 11) is -4.69. The molecule has 5 aliphatic rings. The number of anilines is 2. The van der Waals surface area contributed by atoms with Gasteiger partial charge in [-0.1, -0.05) is 37.6 Å². The predicted molar refractivity (Wildman–Crippen MR) is 253 cm³/mol. The van der Waals surface area contributed by atoms with Crippen LogP contribution in [0.25, 0.3) is 11.0 Å². The first-order chi connectivity index (χ1) is 32.2. The van der Waals surface area contributed by atoms with E-state index in [1.165, 1.54) is 50.4 Å². The van der Waals surface area contributed by atoms with Gasteiger partial charge in [0.15, 0.2) is 0 Å². The number of hydrogen-bond acceptors (Lipinski definition) is 12. The predicted octanol–water partition coefficient (Wildman–Crippen LogP) is 8.95. The van der Waals surface area contributed by atoms with E-state index in [-0.39, 0.29) is 39.6 Å². The summed E-state index contributed by atoms with van der Waals surface area (Å²) >= 11 is 0. The normalized spacial score (nSPS) is 24.1. The van der Waals surface area contributed by atoms with Crippen molar-refractivity contribution in [1.82, 2.24) is 24.6 Å². The second kappa shape index (κ2) is 17.8. The highest BCUT2D eigenvalue weighted by atomic mass is 32.2. The number of aromatic amines is 1. The van der Waals surface area contributed by atoms with Gasteiger partial charge in [0.25, 0.3) is 15.9 Å². The van der Waals surface area contributed by atoms with Crippen LogP contribution in [0.3, 0.4) is 0 Å². The number of aliphatic hydroxyl groups is 1. The number of nitrogens with zero attached hydrogens (tertiary/aromatic N) is 5. The second-order valence-electron chi connectivity index (χ2n) is 20.1. The number of H-pyrrole nitrogens is 1. The summed E-state index contributed by atoms with van der Waals surface area (Å²) in [5.74, 6) is 0.0694. The van der Waals surface area contributed by atoms with Crippen molar-refractivity contribution in [3.8, 4) is 11.5 Å². The molecule has 2 aliphatic heterocycles. The molecule has 5 fully saturated rings. The molecule has 0 bridgehead atoms. The van der Waals surface area contributed by atoms with Crippen molar-refractivity contribution in [2.24, 2.45) is 11.3 Å². The van der Waals surface area contributed by atoms with Crippen LogP contribution in [0, 0.1) is 27.3 Å². The minimum absolute atomic E-state index is 0.0405. The van der Waals surface area contributed by atoms with Gasteiger partial charge >= 0.3 is 5.69 Å². The van der Waals surface area contributed by atoms with Crippen molar-refractivity contribution < 1.29 is 32.4 Å². The van der Waals surface area contributed by atoms with Crippen LogP contribution in [-0.4, -0.2) is 88.6 Å². The van der Waals surface area contributed by atoms with Crippen LogP contribution in [0.5, 0.6) is 11.5 Å². The minimum Gasteiger partial charge on any atom is -0.455 e. The van der Waals surface area contributed by atoms with Gasteiger partial charge in [0.05, 0.1) is 33.4 Å². The van der Waals surface area contributed by atoms with E-state index in [0.29, 0.717) is 49.1 Å². The van der Waals surface area contributed by atoms with Gasteiger partial charge in [-0.05, 0) is 130 Å². The molecular weight excluding hydrogens is 876 g/mol. The lowest BCUT2D eigenvalue weighted by molar-refractivity contribution is -0.384. The number of amides is 1. The number of piperidine rings is 1. The molecule has 10 rings (SSSR count). The number of aryl methyl sites for hydroxylation is 1. The van der Waals surface area contributed by atoms with Gasteiger partial charge in [-0.15, -0.1) is 0 Å². The Balaban J connectivity index is 0.862. The van der Waals surface area contributed by atoms with E-state index in [1.54, 1.807) is 30.2 Å². The summed E-state index contributed by atoms with van der Waals surface area (Å²) < 4.78 is 51.0. The van der Waals surface area contributed by atoms with Gasteiger partial charge in [-0.2, -0.15) is 0 Å². The monoisotopic (exact) mass is 934 g/mol. The lowest BCUT2D eigenvalue weighted by atomic mass is 9.70. The van der Waals surface area contributed by atoms with Crippen molar-refractivity contribution in [3.05, 3.63) is 105 Å². The van der Waals surface area contributed by atoms with Crippen LogP contribution in [-0.2, 0) is 16.4 Å². The number of likely N-dealkylation sites (tertiary alicyclic amines) is 1. The molecular formula is C50H59FN8O7S. The summed E-state index contributed by atoms with van der Waals surface area (Å²) in [6.45, 7) is 7.77. The van der Waals surface area contributed by atoms with E-state index < -0.39 is 42.9 Å². The Hall–Kier alpha value is -5.65. The summed E-state index contributed by atoms with van der Waals surface area (Å²) in [5.41, 5.74) is 3.59. The third-order valence-corrected chi connectivity index (χ3v) is 16.7. The van der Waals surface area contributed by atoms with Crippen LogP contribution in [0.15, 0.2) is 71.9 Å². The molecule has 0 unspecified atom stereocenters. The third kappa shape index (κ3) is 9.21. The van der Waals surface area contributed by atoms with Crippen LogP contribution in [0.4, 0.5) is 21.6 Å². The van der Waals surface area contributed by atoms with Crippen molar-refractivity contribution in [2.45, 2.75) is 119 Å². The van der Waals surface area contributed by atoms with E-state index in [9.17, 15) is 32.8 Å². The smallest absolute Gasteiger partial charge is 0.312 e. The molecule has 3 aliphatic carbocycles. The zero-order valence-corrected chi connectivity index (χ0v) is 38.9. The van der Waals surface area contributed by atoms with Crippen molar-refractivity contribution in [1.29, 1.82) is 0 Å². The van der Waals surface area contributed by atoms with Crippen LogP contribution in [0.1, 0.15) is 123 Å². The van der Waals surface area contributed by atoms with Crippen LogP contribution >= 0.6 is 0 Å². The zero-order chi connectivity index (χ0) is 46.7. The number of ether oxygens (including phenoxy) is 1. The molecule has 15 nitrogen and oxygen atoms in total. The van der Waals surface area contributed by atoms with Crippen LogP contribution < -0.4 is 19.7 Å². The Labute approximate surface area is 390 Å². The SMILES string of the molecule is CCc1nc2[nH]cc(F)c2cc1Oc1cc(N2CCC3(CC2)CN([C@H]2CCC[C@H]2c2ccccc2C2CC2)C3)ccc1C(=O)NS(=O)(=O)c1cnc(NCC2CCC(C)(O)CC2)c([N+](=O)[O-])c1. The number of nitro groups is 1. The highest BCUT2D eigenvalue weighted by molar-refractivity contribution is 7.90. The maximum absolute atomic E-state index is 14.8. The average Bonchev–Trinajstić information content (AvgIpc) is 3.94. The number of sulfonamides is 1. The van der Waals surface area contributed by atoms with E-state index >= 15 is 0 Å². The first-order valence-corrected chi connectivity index (χ1v) is 25.4. The fraction of sp³-hybridized carbons (Fsp3) is 0.500. The molecule has 4 N–H and O–H groups in total. The Bertz CT molecular complexity index is 2810. The molecule has 17 heteroatoms. The number of pyridine rings is 2. The topological polar surface area (TPSA) is 196 Å². The van der Waals surface area contributed by atoms with E-state index in [1.807, 2.05) is 6.92 Å². The number of hydrogen-bond donors (Lipinski definition) is 4. The Morgan fingerprint density at radius 1 is 1.00 bits per heavy atom. The molecule has 354 valence electrons. The summed E-state index contributed by atoms with van der Waals surface area (Å²) in [6, 6.07) is 17.1. The molecule has 5 heterocycles. The molecule has 3 aromatic heterocycles. The number of carbonyl (C=O) groups excluding carboxylic acids is 1. The van der Waals surface area contributed by atoms with E-state index in [2.05, 4.69) is 59.1 Å². The third-order valence-electron chi connectivity index (χ3n) is 15.4. The summed E-state index contributed by atoms with van der Waals surface area (Å²) in [6.07, 6.45) is 13.6. The number of benzene rings is 2. The van der Waals surface area contributed by atoms with Crippen molar-refractivity contribution in [3.63, 3.8) is 0 Å². The van der Waals surface area contributed by atoms with Crippen molar-refractivity contribution in [2.75, 3.05) is 42.9 Å². The molecule has 67 heavy (non-hydrogen) atoms. The van der Waals surface area contributed by atoms with Gasteiger partial charge in [0.2, 0.25) is 5.82 Å². The van der Waals surface area contributed by atoms with Gasteiger partial charge in [0.1, 0.15) is 27.9 Å². The molecule has 0 radical (unpaired) electrons. The fourth-order valence-corrected chi connectivity index (χ4v) is 12.2. The molecule has 1 amide bonds. The molecule has 3 saturated carbocycles. The zero-order valence-electron chi connectivity index (χ0n) is 38.1. The molecule has 2 atom stereocenters. The van der Waals surface area contributed by atoms with Gasteiger partial charge in [-0.3, -0.25) is 19.8 Å². The standard InChI is InChI=1S/C50H59FN8O7S/c1-3-41-45(25-39-40(51)28-54-46(39)55-41)66-44-23-33(57-21-19-50(20-22-57)29-58(30-50)42-10-6-9-37(42)36-8-5-4-7-35(36)32-11-12-32)13-14-38(44)48(60)56-67(64,65)34-24-43(59(62)63)47(53-27-34)52-26-31-15-17-49(2,61)18-16-31/h4-5,7-8,13-14,23-25,27-28,31-32,37,42,61H,3,6,9-12,15-22,26,29-30H2,1-2H3,(H,52,53)(H,54,55)(H,56,60)/t31?,37-,42-,49?/m0/s1. The van der Waals surface area contributed by atoms with Gasteiger partial charge < -0.3 is 25.0 Å². The molecule has 5 aromatic rings. The maximum Gasteiger partial charge on any atom is 0.312 e. The lowest BCUT2D eigenvalue weighted by Gasteiger charge is -2.57. The highest BCUT2D eigenvalue weighted by Crippen LogP contribution is 2.51. The first-order valence-electron chi connectivity index (χ1n) is 23.9. The maximum atomic E-state index is 14.8. The number of halogens is 1. The summed E-state index contributed by atoms with van der Waals surface area (Å²) in [4.78, 5) is 41.5. The minimum atomic E-state index is -4.69. The molecule has 2 saturated heterocycles. The number of rotatable bonds is 14. The number of nitrogens with one attached hydrogen (secondary N) is 3. The average molecular weight is 935 g/mol. The highest BCUT2D eigenvalue weighted by Gasteiger charge is 2.50. The van der Waals surface area contributed by atoms with Crippen molar-refractivity contribution >= 4 is 44.2 Å². The van der Waals surface area contributed by atoms with Gasteiger partial charge in [-0.25, -0.2) is 27.5 Å². The van der Waals surface area contributed by atoms with E-state index in [0.717, 1.165) is 75.7 Å².